The van der Waals surface area contributed by atoms with Crippen molar-refractivity contribution in [1.82, 2.24) is 6.61 Å². The Balaban J connectivity index is 0.000000214. The zero-order valence-corrected chi connectivity index (χ0v) is 45.1. The van der Waals surface area contributed by atoms with Crippen LogP contribution < -0.4 is 52.2 Å². The number of hydrogen-bond acceptors (Lipinski definition) is 2. The molecule has 2 aliphatic rings. The Kier molecular flexibility index (Phi) is 18.8. The molecule has 296 valence electrons. The summed E-state index contributed by atoms with van der Waals surface area (Å²) < 4.78 is 9.80. The third kappa shape index (κ3) is 11.4. The van der Waals surface area contributed by atoms with Crippen LogP contribution in [-0.2, 0) is 41.8 Å². The largest absolute Gasteiger partial charge is 1.00 e. The molecule has 0 bridgehead atoms. The molecule has 0 saturated heterocycles. The average Bonchev–Trinajstić information content (AvgIpc) is 3.90. The second-order valence-corrected chi connectivity index (χ2v) is 55.4. The SMILES string of the molecule is CCC(C)[NH][Hf+]([CH]1C=Cc2ccccc21)[SiH](c1ccccc1)c1ccccc1.CCC(C)[NH][Hf+]([CH]1C=Cc2ccccc21)[SiH](c1ccccc1)c1ccccc1.[Cl-].[Cl-]. The van der Waals surface area contributed by atoms with Gasteiger partial charge in [-0.25, -0.2) is 0 Å². The van der Waals surface area contributed by atoms with E-state index in [1.165, 1.54) is 24.0 Å². The molecule has 0 amide bonds. The third-order valence-electron chi connectivity index (χ3n) is 11.5. The first-order chi connectivity index (χ1) is 27.6. The van der Waals surface area contributed by atoms with Gasteiger partial charge in [0.2, 0.25) is 0 Å². The normalized spacial score (nSPS) is 15.6. The van der Waals surface area contributed by atoms with Crippen LogP contribution in [0.4, 0.5) is 0 Å². The van der Waals surface area contributed by atoms with Crippen LogP contribution in [0, 0.1) is 0 Å². The number of halogens is 2. The van der Waals surface area contributed by atoms with Gasteiger partial charge in [0.1, 0.15) is 0 Å². The number of nitrogens with one attached hydrogen (secondary N) is 2. The van der Waals surface area contributed by atoms with Gasteiger partial charge in [-0.15, -0.1) is 0 Å². The number of allylic oxidation sites excluding steroid dienone is 2. The van der Waals surface area contributed by atoms with Crippen LogP contribution in [0.1, 0.15) is 70.1 Å². The summed E-state index contributed by atoms with van der Waals surface area (Å²) in [6.45, 7) is 9.36. The molecule has 6 aromatic carbocycles. The van der Waals surface area contributed by atoms with Crippen LogP contribution in [0.25, 0.3) is 12.2 Å². The summed E-state index contributed by atoms with van der Waals surface area (Å²) in [6.07, 6.45) is 12.2. The quantitative estimate of drug-likeness (QED) is 0.164. The van der Waals surface area contributed by atoms with Crippen LogP contribution >= 0.6 is 0 Å². The molecule has 8 rings (SSSR count). The number of rotatable bonds is 14. The number of hydrogen-bond donors (Lipinski definition) is 2. The van der Waals surface area contributed by atoms with Crippen LogP contribution in [0.5, 0.6) is 0 Å². The summed E-state index contributed by atoms with van der Waals surface area (Å²) in [5, 5.41) is 6.41. The van der Waals surface area contributed by atoms with Crippen molar-refractivity contribution in [2.75, 3.05) is 0 Å². The monoisotopic (exact) mass is 1170 g/mol. The third-order valence-corrected chi connectivity index (χ3v) is 67.7. The van der Waals surface area contributed by atoms with E-state index in [0.29, 0.717) is 19.4 Å². The fourth-order valence-electron chi connectivity index (χ4n) is 8.20. The fourth-order valence-corrected chi connectivity index (χ4v) is 71.7. The van der Waals surface area contributed by atoms with E-state index in [9.17, 15) is 0 Å². The maximum absolute atomic E-state index is 4.27. The summed E-state index contributed by atoms with van der Waals surface area (Å²) in [7, 11) is 0. The average molecular weight is 1170 g/mol. The van der Waals surface area contributed by atoms with Crippen LogP contribution in [-0.4, -0.2) is 24.1 Å². The van der Waals surface area contributed by atoms with Crippen LogP contribution in [0.3, 0.4) is 0 Å². The van der Waals surface area contributed by atoms with Crippen LogP contribution in [0.15, 0.2) is 182 Å². The van der Waals surface area contributed by atoms with E-state index >= 15 is 0 Å². The molecule has 0 spiro atoms. The van der Waals surface area contributed by atoms with E-state index in [4.69, 9.17) is 0 Å². The molecule has 0 aromatic heterocycles. The standard InChI is InChI=1S/2C12H11Si.2C9H7.2C4H10N.2ClH.2Hf/c2*1-3-7-11(8-4-1)13-12-9-5-2-6-10-12;2*1-2-5-9-7-3-6-8(9)4-1;2*1-3-4(2)5;;;;/h2*1-10,13H;2*1-7H;2*4-5H,3H2,1-2H3;2*1H;;/q;;;;2*-1;;;2*+2/p-2. The van der Waals surface area contributed by atoms with Crippen LogP contribution in [0.2, 0.25) is 0 Å². The zero-order chi connectivity index (χ0) is 38.7. The van der Waals surface area contributed by atoms with Crippen molar-refractivity contribution in [3.63, 3.8) is 0 Å². The van der Waals surface area contributed by atoms with Crippen molar-refractivity contribution in [1.29, 1.82) is 0 Å². The minimum absolute atomic E-state index is 0. The number of benzene rings is 6. The molecule has 4 atom stereocenters. The summed E-state index contributed by atoms with van der Waals surface area (Å²) in [4.78, 5) is 0. The summed E-state index contributed by atoms with van der Waals surface area (Å²) >= 11 is -4.64. The summed E-state index contributed by atoms with van der Waals surface area (Å²) in [5.74, 6) is -2.59. The Morgan fingerprint density at radius 1 is 0.431 bits per heavy atom. The fraction of sp³-hybridized carbons (Fsp3) is 0.200. The summed E-state index contributed by atoms with van der Waals surface area (Å²) in [5.41, 5.74) is 5.97. The smallest absolute Gasteiger partial charge is 1.00 e. The number of fused-ring (bicyclic) bond motifs is 2. The van der Waals surface area contributed by atoms with E-state index in [0.717, 1.165) is 0 Å². The molecule has 4 unspecified atom stereocenters. The summed E-state index contributed by atoms with van der Waals surface area (Å²) in [6, 6.07) is 64.7. The second kappa shape index (κ2) is 23.5. The van der Waals surface area contributed by atoms with Crippen molar-refractivity contribution in [2.45, 2.75) is 60.0 Å². The molecule has 6 aromatic rings. The van der Waals surface area contributed by atoms with Gasteiger partial charge in [0, 0.05) is 0 Å². The molecule has 2 N–H and O–H groups in total. The Hall–Kier alpha value is -2.53. The maximum Gasteiger partial charge on any atom is -1.00 e. The van der Waals surface area contributed by atoms with Gasteiger partial charge in [0.15, 0.2) is 0 Å². The van der Waals surface area contributed by atoms with Gasteiger partial charge in [-0.3, -0.25) is 0 Å². The molecule has 0 saturated carbocycles. The van der Waals surface area contributed by atoms with Gasteiger partial charge in [-0.2, -0.15) is 0 Å². The second-order valence-electron chi connectivity index (χ2n) is 15.3. The Morgan fingerprint density at radius 2 is 0.707 bits per heavy atom. The topological polar surface area (TPSA) is 24.1 Å². The van der Waals surface area contributed by atoms with Gasteiger partial charge in [0.25, 0.3) is 0 Å². The maximum atomic E-state index is 4.27. The van der Waals surface area contributed by atoms with E-state index in [2.05, 4.69) is 228 Å². The predicted octanol–water partition coefficient (Wildman–Crippen LogP) is 2.44. The van der Waals surface area contributed by atoms with Gasteiger partial charge in [0.05, 0.1) is 0 Å². The molecular weight excluding hydrogens is 1110 g/mol. The molecule has 0 fully saturated rings. The minimum atomic E-state index is -2.32. The van der Waals surface area contributed by atoms with E-state index in [1.54, 1.807) is 31.9 Å². The molecule has 58 heavy (non-hydrogen) atoms. The first-order valence-corrected chi connectivity index (χ1v) is 44.2. The molecule has 2 aliphatic carbocycles. The van der Waals surface area contributed by atoms with E-state index in [1.807, 2.05) is 0 Å². The van der Waals surface area contributed by atoms with Gasteiger partial charge in [-0.05, 0) is 0 Å². The Bertz CT molecular complexity index is 1940. The van der Waals surface area contributed by atoms with Crippen molar-refractivity contribution < 1.29 is 66.6 Å². The van der Waals surface area contributed by atoms with Gasteiger partial charge >= 0.3 is 357 Å². The predicted molar refractivity (Wildman–Crippen MR) is 241 cm³/mol. The molecular formula is C50H56Cl2Hf2N2Si2. The zero-order valence-electron chi connectivity index (χ0n) is 34.1. The minimum Gasteiger partial charge on any atom is -1.00 e. The Labute approximate surface area is 378 Å². The van der Waals surface area contributed by atoms with Crippen molar-refractivity contribution in [3.8, 4) is 0 Å². The van der Waals surface area contributed by atoms with Gasteiger partial charge in [-0.1, -0.05) is 0 Å². The molecule has 2 nitrogen and oxygen atoms in total. The van der Waals surface area contributed by atoms with Crippen molar-refractivity contribution in [3.05, 3.63) is 204 Å². The van der Waals surface area contributed by atoms with Crippen molar-refractivity contribution >= 4 is 44.9 Å². The van der Waals surface area contributed by atoms with E-state index in [-0.39, 0.29) is 24.8 Å². The molecule has 8 heteroatoms. The molecule has 0 radical (unpaired) electrons. The van der Waals surface area contributed by atoms with Gasteiger partial charge < -0.3 is 24.8 Å². The van der Waals surface area contributed by atoms with E-state index < -0.39 is 53.8 Å². The first kappa shape index (κ1) is 46.5. The van der Waals surface area contributed by atoms with Crippen molar-refractivity contribution in [2.24, 2.45) is 0 Å². The Morgan fingerprint density at radius 3 is 1.00 bits per heavy atom. The molecule has 0 aliphatic heterocycles. The first-order valence-electron chi connectivity index (χ1n) is 20.6. The molecule has 0 heterocycles.